The zero-order chi connectivity index (χ0) is 15.6. The Balaban J connectivity index is 2.09. The minimum Gasteiger partial charge on any atom is -0.480 e. The van der Waals surface area contributed by atoms with Gasteiger partial charge in [0.15, 0.2) is 11.5 Å². The second-order valence-corrected chi connectivity index (χ2v) is 6.09. The number of carbonyl (C=O) groups is 3. The minimum atomic E-state index is -1.60. The van der Waals surface area contributed by atoms with Gasteiger partial charge in [0.25, 0.3) is 5.91 Å². The molecule has 0 bridgehead atoms. The number of hydrogen-bond donors (Lipinski definition) is 2. The molecule has 6 nitrogen and oxygen atoms in total. The lowest BCUT2D eigenvalue weighted by molar-refractivity contribution is -0.163. The van der Waals surface area contributed by atoms with Crippen molar-refractivity contribution in [3.8, 4) is 0 Å². The van der Waals surface area contributed by atoms with Gasteiger partial charge in [-0.15, -0.1) is 0 Å². The van der Waals surface area contributed by atoms with Crippen molar-refractivity contribution in [1.29, 1.82) is 0 Å². The molecule has 2 N–H and O–H groups in total. The molecule has 2 aliphatic rings. The van der Waals surface area contributed by atoms with Crippen LogP contribution in [-0.4, -0.2) is 35.1 Å². The summed E-state index contributed by atoms with van der Waals surface area (Å²) in [5, 5.41) is 12.3. The number of carboxylic acid groups (broad SMARTS) is 1. The fourth-order valence-electron chi connectivity index (χ4n) is 3.48. The van der Waals surface area contributed by atoms with E-state index < -0.39 is 29.4 Å². The highest BCUT2D eigenvalue weighted by Crippen LogP contribution is 2.43. The van der Waals surface area contributed by atoms with Crippen molar-refractivity contribution in [1.82, 2.24) is 5.32 Å². The standard InChI is InChI=1S/C15H23NO5/c1-3-15(13(18)19)9(2)11(21-14(15)20)12(17)16-10-7-5-4-6-8-10/h9-11H,3-8H2,1-2H3,(H,16,17)(H,18,19). The van der Waals surface area contributed by atoms with Crippen molar-refractivity contribution < 1.29 is 24.2 Å². The fourth-order valence-corrected chi connectivity index (χ4v) is 3.48. The molecule has 1 saturated carbocycles. The highest BCUT2D eigenvalue weighted by atomic mass is 16.6. The zero-order valence-corrected chi connectivity index (χ0v) is 12.6. The van der Waals surface area contributed by atoms with E-state index in [2.05, 4.69) is 5.32 Å². The van der Waals surface area contributed by atoms with Crippen LogP contribution in [0.3, 0.4) is 0 Å². The molecule has 1 saturated heterocycles. The number of esters is 1. The van der Waals surface area contributed by atoms with Gasteiger partial charge < -0.3 is 15.2 Å². The summed E-state index contributed by atoms with van der Waals surface area (Å²) in [6.45, 7) is 3.24. The van der Waals surface area contributed by atoms with Crippen LogP contribution in [0.25, 0.3) is 0 Å². The van der Waals surface area contributed by atoms with E-state index in [0.717, 1.165) is 25.7 Å². The average molecular weight is 297 g/mol. The van der Waals surface area contributed by atoms with Crippen molar-refractivity contribution in [2.24, 2.45) is 11.3 Å². The van der Waals surface area contributed by atoms with Crippen LogP contribution < -0.4 is 5.32 Å². The number of amides is 1. The Kier molecular flexibility index (Phi) is 4.54. The number of aliphatic carboxylic acids is 1. The molecule has 3 unspecified atom stereocenters. The number of ether oxygens (including phenoxy) is 1. The molecule has 6 heteroatoms. The number of cyclic esters (lactones) is 1. The van der Waals surface area contributed by atoms with Gasteiger partial charge in [-0.3, -0.25) is 14.4 Å². The third-order valence-electron chi connectivity index (χ3n) is 4.98. The first-order chi connectivity index (χ1) is 9.93. The van der Waals surface area contributed by atoms with Crippen LogP contribution in [0.5, 0.6) is 0 Å². The lowest BCUT2D eigenvalue weighted by Gasteiger charge is -2.26. The van der Waals surface area contributed by atoms with Crippen LogP contribution in [0, 0.1) is 11.3 Å². The monoisotopic (exact) mass is 297 g/mol. The van der Waals surface area contributed by atoms with E-state index in [9.17, 15) is 19.5 Å². The van der Waals surface area contributed by atoms with Gasteiger partial charge in [-0.05, 0) is 19.3 Å². The molecule has 21 heavy (non-hydrogen) atoms. The number of hydrogen-bond acceptors (Lipinski definition) is 4. The summed E-state index contributed by atoms with van der Waals surface area (Å²) < 4.78 is 5.11. The Bertz CT molecular complexity index is 443. The van der Waals surface area contributed by atoms with E-state index in [-0.39, 0.29) is 18.4 Å². The van der Waals surface area contributed by atoms with E-state index in [0.29, 0.717) is 0 Å². The molecular formula is C15H23NO5. The van der Waals surface area contributed by atoms with Crippen LogP contribution in [0.1, 0.15) is 52.4 Å². The van der Waals surface area contributed by atoms with Crippen LogP contribution in [-0.2, 0) is 19.1 Å². The van der Waals surface area contributed by atoms with Crippen molar-refractivity contribution in [2.45, 2.75) is 64.5 Å². The van der Waals surface area contributed by atoms with Crippen LogP contribution >= 0.6 is 0 Å². The smallest absolute Gasteiger partial charge is 0.324 e. The largest absolute Gasteiger partial charge is 0.480 e. The van der Waals surface area contributed by atoms with Gasteiger partial charge in [0.1, 0.15) is 0 Å². The fraction of sp³-hybridized carbons (Fsp3) is 0.800. The molecule has 0 aromatic rings. The molecule has 0 aromatic carbocycles. The summed E-state index contributed by atoms with van der Waals surface area (Å²) in [4.78, 5) is 35.8. The van der Waals surface area contributed by atoms with Crippen LogP contribution in [0.4, 0.5) is 0 Å². The SMILES string of the molecule is CCC1(C(=O)O)C(=O)OC(C(=O)NC2CCCCC2)C1C. The molecule has 0 aromatic heterocycles. The molecule has 1 amide bonds. The predicted octanol–water partition coefficient (Wildman–Crippen LogP) is 1.48. The maximum atomic E-state index is 12.3. The third kappa shape index (κ3) is 2.63. The van der Waals surface area contributed by atoms with Crippen molar-refractivity contribution in [3.63, 3.8) is 0 Å². The van der Waals surface area contributed by atoms with Gasteiger partial charge >= 0.3 is 11.9 Å². The first-order valence-electron chi connectivity index (χ1n) is 7.68. The number of carbonyl (C=O) groups excluding carboxylic acids is 2. The van der Waals surface area contributed by atoms with E-state index in [1.165, 1.54) is 6.42 Å². The second kappa shape index (κ2) is 6.03. The molecule has 1 aliphatic heterocycles. The molecule has 118 valence electrons. The number of carboxylic acids is 1. The van der Waals surface area contributed by atoms with E-state index in [4.69, 9.17) is 4.74 Å². The topological polar surface area (TPSA) is 92.7 Å². The summed E-state index contributed by atoms with van der Waals surface area (Å²) in [7, 11) is 0. The third-order valence-corrected chi connectivity index (χ3v) is 4.98. The molecule has 0 spiro atoms. The minimum absolute atomic E-state index is 0.110. The summed E-state index contributed by atoms with van der Waals surface area (Å²) in [5.41, 5.74) is -1.60. The normalized spacial score (nSPS) is 33.5. The van der Waals surface area contributed by atoms with Gasteiger partial charge in [0, 0.05) is 12.0 Å². The molecular weight excluding hydrogens is 274 g/mol. The summed E-state index contributed by atoms with van der Waals surface area (Å²) >= 11 is 0. The summed E-state index contributed by atoms with van der Waals surface area (Å²) in [5.74, 6) is -3.04. The molecule has 1 heterocycles. The van der Waals surface area contributed by atoms with Crippen LogP contribution in [0.2, 0.25) is 0 Å². The lowest BCUT2D eigenvalue weighted by Crippen LogP contribution is -2.46. The van der Waals surface area contributed by atoms with E-state index >= 15 is 0 Å². The van der Waals surface area contributed by atoms with Crippen molar-refractivity contribution in [3.05, 3.63) is 0 Å². The Labute approximate surface area is 124 Å². The molecule has 2 rings (SSSR count). The highest BCUT2D eigenvalue weighted by molar-refractivity contribution is 6.03. The Morgan fingerprint density at radius 2 is 1.95 bits per heavy atom. The van der Waals surface area contributed by atoms with Crippen molar-refractivity contribution >= 4 is 17.8 Å². The van der Waals surface area contributed by atoms with E-state index in [1.54, 1.807) is 13.8 Å². The Morgan fingerprint density at radius 1 is 1.33 bits per heavy atom. The molecule has 0 radical (unpaired) electrons. The van der Waals surface area contributed by atoms with Gasteiger partial charge in [-0.25, -0.2) is 0 Å². The van der Waals surface area contributed by atoms with Gasteiger partial charge in [-0.2, -0.15) is 0 Å². The Morgan fingerprint density at radius 3 is 2.43 bits per heavy atom. The van der Waals surface area contributed by atoms with Crippen LogP contribution in [0.15, 0.2) is 0 Å². The van der Waals surface area contributed by atoms with Gasteiger partial charge in [0.05, 0.1) is 0 Å². The molecule has 1 aliphatic carbocycles. The zero-order valence-electron chi connectivity index (χ0n) is 12.6. The second-order valence-electron chi connectivity index (χ2n) is 6.09. The highest BCUT2D eigenvalue weighted by Gasteiger charge is 2.61. The van der Waals surface area contributed by atoms with Gasteiger partial charge in [-0.1, -0.05) is 33.1 Å². The summed E-state index contributed by atoms with van der Waals surface area (Å²) in [6, 6.07) is 0.110. The Hall–Kier alpha value is -1.59. The number of rotatable bonds is 4. The maximum Gasteiger partial charge on any atom is 0.324 e. The summed E-state index contributed by atoms with van der Waals surface area (Å²) in [6.07, 6.45) is 4.32. The first-order valence-corrected chi connectivity index (χ1v) is 7.68. The molecule has 3 atom stereocenters. The predicted molar refractivity (Wildman–Crippen MR) is 74.4 cm³/mol. The maximum absolute atomic E-state index is 12.3. The number of nitrogens with one attached hydrogen (secondary N) is 1. The van der Waals surface area contributed by atoms with Gasteiger partial charge in [0.2, 0.25) is 0 Å². The average Bonchev–Trinajstić information content (AvgIpc) is 2.72. The quantitative estimate of drug-likeness (QED) is 0.605. The van der Waals surface area contributed by atoms with E-state index in [1.807, 2.05) is 0 Å². The van der Waals surface area contributed by atoms with Crippen molar-refractivity contribution in [2.75, 3.05) is 0 Å². The first kappa shape index (κ1) is 15.8. The molecule has 2 fully saturated rings. The lowest BCUT2D eigenvalue weighted by atomic mass is 9.73.